The Morgan fingerprint density at radius 2 is 1.07 bits per heavy atom. The first-order valence-electron chi connectivity index (χ1n) is 33.4. The van der Waals surface area contributed by atoms with Gasteiger partial charge in [0.15, 0.2) is 6.10 Å². The predicted octanol–water partition coefficient (Wildman–Crippen LogP) is 18.4. The second kappa shape index (κ2) is 44.0. The Balaban J connectivity index is 1.52. The maximum atomic E-state index is 13.4. The van der Waals surface area contributed by atoms with Crippen LogP contribution in [0.2, 0.25) is 5.15 Å². The number of anilines is 3. The molecule has 0 aliphatic heterocycles. The van der Waals surface area contributed by atoms with Crippen LogP contribution in [0.4, 0.5) is 17.2 Å². The molecule has 84 heavy (non-hydrogen) atoms. The van der Waals surface area contributed by atoms with Crippen molar-refractivity contribution in [3.8, 4) is 0 Å². The summed E-state index contributed by atoms with van der Waals surface area (Å²) < 4.78 is 28.7. The zero-order valence-electron chi connectivity index (χ0n) is 54.0. The number of nitrogens with one attached hydrogen (secondary N) is 1. The number of aromatic nitrogens is 2. The Bertz CT molecular complexity index is 2060. The van der Waals surface area contributed by atoms with Crippen molar-refractivity contribution >= 4 is 58.6 Å². The molecule has 0 amide bonds. The molecule has 1 fully saturated rings. The van der Waals surface area contributed by atoms with E-state index in [-0.39, 0.29) is 98.3 Å². The third-order valence-corrected chi connectivity index (χ3v) is 16.0. The number of nitrogens with zero attached hydrogens (tertiary/aromatic N) is 3. The van der Waals surface area contributed by atoms with Crippen LogP contribution < -0.4 is 10.2 Å². The van der Waals surface area contributed by atoms with Gasteiger partial charge < -0.3 is 33.9 Å². The van der Waals surface area contributed by atoms with E-state index in [2.05, 4.69) is 66.1 Å². The highest BCUT2D eigenvalue weighted by molar-refractivity contribution is 6.29. The lowest BCUT2D eigenvalue weighted by atomic mass is 9.90. The van der Waals surface area contributed by atoms with Gasteiger partial charge in [0.2, 0.25) is 0 Å². The second-order valence-corrected chi connectivity index (χ2v) is 26.1. The minimum absolute atomic E-state index is 0.0305. The molecule has 0 spiro atoms. The molecule has 1 saturated carbocycles. The third-order valence-electron chi connectivity index (χ3n) is 15.8. The molecule has 15 heteroatoms. The molecule has 14 nitrogen and oxygen atoms in total. The number of hydrogen-bond donors (Lipinski definition) is 1. The summed E-state index contributed by atoms with van der Waals surface area (Å²) in [7, 11) is 0. The van der Waals surface area contributed by atoms with Crippen LogP contribution in [0.15, 0.2) is 30.6 Å². The highest BCUT2D eigenvalue weighted by atomic mass is 35.5. The van der Waals surface area contributed by atoms with Crippen LogP contribution in [0.5, 0.6) is 0 Å². The fraction of sp³-hybridized carbons (Fsp3) is 0.783. The van der Waals surface area contributed by atoms with Crippen LogP contribution >= 0.6 is 11.6 Å². The lowest BCUT2D eigenvalue weighted by molar-refractivity contribution is -0.168. The molecule has 1 aromatic carbocycles. The van der Waals surface area contributed by atoms with Gasteiger partial charge in [0, 0.05) is 38.3 Å². The van der Waals surface area contributed by atoms with Crippen molar-refractivity contribution in [1.82, 2.24) is 9.97 Å². The lowest BCUT2D eigenvalue weighted by Crippen LogP contribution is -2.42. The topological polar surface area (TPSA) is 173 Å². The minimum atomic E-state index is -0.961. The van der Waals surface area contributed by atoms with Gasteiger partial charge in [-0.1, -0.05) is 213 Å². The third kappa shape index (κ3) is 35.2. The number of unbranched alkanes of at least 4 members (excludes halogenated alkanes) is 24. The predicted molar refractivity (Wildman–Crippen MR) is 341 cm³/mol. The average Bonchev–Trinajstić information content (AvgIpc) is 3.56. The van der Waals surface area contributed by atoms with Crippen molar-refractivity contribution in [1.29, 1.82) is 0 Å². The summed E-state index contributed by atoms with van der Waals surface area (Å²) >= 11 is 6.10. The van der Waals surface area contributed by atoms with E-state index in [0.29, 0.717) is 24.6 Å². The van der Waals surface area contributed by atoms with Gasteiger partial charge in [-0.15, -0.1) is 0 Å². The number of ether oxygens (including phenoxy) is 5. The number of rotatable bonds is 47. The van der Waals surface area contributed by atoms with E-state index >= 15 is 0 Å². The number of carbonyl (C=O) groups is 5. The van der Waals surface area contributed by atoms with Crippen molar-refractivity contribution < 1.29 is 47.7 Å². The first-order chi connectivity index (χ1) is 40.3. The number of hydrogen-bond acceptors (Lipinski definition) is 14. The lowest BCUT2D eigenvalue weighted by Gasteiger charge is -2.40. The molecular formula is C69H115ClN4O10. The first-order valence-corrected chi connectivity index (χ1v) is 33.8. The van der Waals surface area contributed by atoms with E-state index in [9.17, 15) is 24.0 Å². The molecule has 1 N–H and O–H groups in total. The maximum absolute atomic E-state index is 13.4. The van der Waals surface area contributed by atoms with Crippen molar-refractivity contribution in [2.24, 2.45) is 11.8 Å². The van der Waals surface area contributed by atoms with Gasteiger partial charge in [-0.25, -0.2) is 9.97 Å². The maximum Gasteiger partial charge on any atom is 0.306 e. The van der Waals surface area contributed by atoms with Crippen LogP contribution in [0.25, 0.3) is 0 Å². The molecule has 478 valence electrons. The van der Waals surface area contributed by atoms with E-state index in [0.717, 1.165) is 74.8 Å². The number of halogens is 1. The van der Waals surface area contributed by atoms with Crippen molar-refractivity contribution in [2.75, 3.05) is 30.0 Å². The van der Waals surface area contributed by atoms with Crippen LogP contribution in [-0.4, -0.2) is 83.4 Å². The molecule has 3 rings (SSSR count). The standard InChI is InChI=1S/C69H115ClN4O10/c1-10-12-14-16-18-20-22-24-26-28-30-32-34-36-64(75)80-51-59(52-81-65(76)37-35-33-31-29-27-25-23-21-19-17-15-13-11-2)83-67(78)45-54(5)44-66(77)82-58-41-39-57(40-42-58)74(50-53(3)4)61-43-38-56(55(6)46-68(79)84-69(7,8)9)47-60(61)73-63-49-71-62(70)48-72-63/h38,43,47-49,53-55,57-59H,10-37,39-42,44-46,50-52H2,1-9H3,(H,72,73)/t54?,55?,57-,58-. The van der Waals surface area contributed by atoms with Crippen molar-refractivity contribution in [2.45, 2.75) is 317 Å². The van der Waals surface area contributed by atoms with Crippen LogP contribution in [0, 0.1) is 11.8 Å². The van der Waals surface area contributed by atoms with E-state index in [1.807, 2.05) is 34.6 Å². The van der Waals surface area contributed by atoms with Gasteiger partial charge in [0.25, 0.3) is 0 Å². The van der Waals surface area contributed by atoms with E-state index in [1.165, 1.54) is 135 Å². The molecule has 2 atom stereocenters. The second-order valence-electron chi connectivity index (χ2n) is 25.8. The molecular weight excluding hydrogens is 1080 g/mol. The molecule has 1 aliphatic carbocycles. The van der Waals surface area contributed by atoms with E-state index < -0.39 is 17.7 Å². The molecule has 2 unspecified atom stereocenters. The molecule has 0 radical (unpaired) electrons. The summed E-state index contributed by atoms with van der Waals surface area (Å²) in [6, 6.07) is 6.42. The summed E-state index contributed by atoms with van der Waals surface area (Å²) in [6.07, 6.45) is 37.1. The quantitative estimate of drug-likeness (QED) is 0.0377. The molecule has 1 aromatic heterocycles. The monoisotopic (exact) mass is 1190 g/mol. The van der Waals surface area contributed by atoms with E-state index in [1.54, 1.807) is 6.20 Å². The molecule has 1 aliphatic rings. The highest BCUT2D eigenvalue weighted by Gasteiger charge is 2.31. The van der Waals surface area contributed by atoms with E-state index in [4.69, 9.17) is 35.3 Å². The van der Waals surface area contributed by atoms with Gasteiger partial charge in [-0.3, -0.25) is 24.0 Å². The zero-order valence-corrected chi connectivity index (χ0v) is 54.8. The molecule has 0 saturated heterocycles. The van der Waals surface area contributed by atoms with Gasteiger partial charge in [0.05, 0.1) is 30.2 Å². The van der Waals surface area contributed by atoms with Gasteiger partial charge in [0.1, 0.15) is 35.9 Å². The summed E-state index contributed by atoms with van der Waals surface area (Å²) in [6.45, 7) is 18.7. The summed E-state index contributed by atoms with van der Waals surface area (Å²) in [5.74, 6) is -1.54. The average molecular weight is 1200 g/mol. The van der Waals surface area contributed by atoms with Gasteiger partial charge >= 0.3 is 29.8 Å². The smallest absolute Gasteiger partial charge is 0.306 e. The van der Waals surface area contributed by atoms with Crippen molar-refractivity contribution in [3.63, 3.8) is 0 Å². The Hall–Kier alpha value is -4.46. The van der Waals surface area contributed by atoms with Crippen LogP contribution in [0.3, 0.4) is 0 Å². The fourth-order valence-corrected chi connectivity index (χ4v) is 11.2. The SMILES string of the molecule is CCCCCCCCCCCCCCCC(=O)OCC(COC(=O)CCCCCCCCCCCCCCC)OC(=O)CC(C)CC(=O)O[C@H]1CC[C@H](N(CC(C)C)c2ccc(C(C)CC(=O)OC(C)(C)C)cc2Nc2cnc(Cl)cn2)CC1. The number of esters is 5. The zero-order chi connectivity index (χ0) is 61.4. The van der Waals surface area contributed by atoms with Crippen molar-refractivity contribution in [3.05, 3.63) is 41.3 Å². The fourth-order valence-electron chi connectivity index (χ4n) is 11.1. The minimum Gasteiger partial charge on any atom is -0.462 e. The summed E-state index contributed by atoms with van der Waals surface area (Å²) in [4.78, 5) is 76.6. The first kappa shape index (κ1) is 73.8. The van der Waals surface area contributed by atoms with Crippen LogP contribution in [-0.2, 0) is 47.7 Å². The number of carbonyl (C=O) groups excluding carboxylic acids is 5. The Kier molecular flexibility index (Phi) is 38.7. The normalized spacial score (nSPS) is 15.1. The van der Waals surface area contributed by atoms with Gasteiger partial charge in [-0.05, 0) is 94.7 Å². The molecule has 2 aromatic rings. The summed E-state index contributed by atoms with van der Waals surface area (Å²) in [5, 5.41) is 3.78. The summed E-state index contributed by atoms with van der Waals surface area (Å²) in [5.41, 5.74) is 2.22. The van der Waals surface area contributed by atoms with Gasteiger partial charge in [-0.2, -0.15) is 0 Å². The molecule has 0 bridgehead atoms. The Morgan fingerprint density at radius 1 is 0.595 bits per heavy atom. The molecule has 1 heterocycles. The number of benzene rings is 1. The Labute approximate surface area is 513 Å². The largest absolute Gasteiger partial charge is 0.462 e. The highest BCUT2D eigenvalue weighted by Crippen LogP contribution is 2.38. The van der Waals surface area contributed by atoms with Crippen LogP contribution in [0.1, 0.15) is 299 Å². The Morgan fingerprint density at radius 3 is 1.52 bits per heavy atom.